The van der Waals surface area contributed by atoms with Crippen LogP contribution in [0.5, 0.6) is 11.5 Å². The van der Waals surface area contributed by atoms with E-state index in [1.54, 1.807) is 18.2 Å². The summed E-state index contributed by atoms with van der Waals surface area (Å²) in [6, 6.07) is 12.5. The maximum atomic E-state index is 12.1. The molecule has 0 aromatic heterocycles. The molecule has 0 unspecified atom stereocenters. The fourth-order valence-electron chi connectivity index (χ4n) is 2.38. The molecule has 0 aliphatic carbocycles. The zero-order valence-electron chi connectivity index (χ0n) is 15.1. The Balaban J connectivity index is 1.46. The summed E-state index contributed by atoms with van der Waals surface area (Å²) in [5, 5.41) is 6.42. The van der Waals surface area contributed by atoms with E-state index in [2.05, 4.69) is 15.8 Å². The largest absolute Gasteiger partial charge is 0.454 e. The van der Waals surface area contributed by atoms with Crippen LogP contribution in [0.4, 0.5) is 5.69 Å². The van der Waals surface area contributed by atoms with Crippen molar-refractivity contribution in [2.75, 3.05) is 32.3 Å². The van der Waals surface area contributed by atoms with E-state index in [9.17, 15) is 9.59 Å². The zero-order chi connectivity index (χ0) is 19.2. The molecule has 0 fully saturated rings. The molecule has 2 aromatic carbocycles. The van der Waals surface area contributed by atoms with Crippen LogP contribution in [-0.4, -0.2) is 45.5 Å². The quantitative estimate of drug-likeness (QED) is 0.593. The Morgan fingerprint density at radius 1 is 1.11 bits per heavy atom. The Hall–Kier alpha value is -3.55. The first-order chi connectivity index (χ1) is 13.0. The van der Waals surface area contributed by atoms with Gasteiger partial charge in [-0.2, -0.15) is 5.10 Å². The van der Waals surface area contributed by atoms with Crippen molar-refractivity contribution in [1.82, 2.24) is 10.7 Å². The van der Waals surface area contributed by atoms with Gasteiger partial charge in [0.05, 0.1) is 12.8 Å². The highest BCUT2D eigenvalue weighted by atomic mass is 16.7. The minimum atomic E-state index is -0.426. The van der Waals surface area contributed by atoms with Crippen LogP contribution in [0.15, 0.2) is 47.6 Å². The summed E-state index contributed by atoms with van der Waals surface area (Å²) in [7, 11) is 3.92. The molecule has 0 saturated carbocycles. The average molecular weight is 368 g/mol. The Morgan fingerprint density at radius 2 is 1.85 bits per heavy atom. The van der Waals surface area contributed by atoms with E-state index in [0.29, 0.717) is 17.1 Å². The summed E-state index contributed by atoms with van der Waals surface area (Å²) < 4.78 is 10.4. The van der Waals surface area contributed by atoms with Gasteiger partial charge in [0, 0.05) is 25.3 Å². The molecule has 1 aliphatic heterocycles. The lowest BCUT2D eigenvalue weighted by molar-refractivity contribution is -0.120. The topological polar surface area (TPSA) is 92.3 Å². The van der Waals surface area contributed by atoms with Gasteiger partial charge in [-0.3, -0.25) is 9.59 Å². The fourth-order valence-corrected chi connectivity index (χ4v) is 2.38. The molecule has 0 radical (unpaired) electrons. The zero-order valence-corrected chi connectivity index (χ0v) is 15.1. The summed E-state index contributed by atoms with van der Waals surface area (Å²) in [5.41, 5.74) is 4.69. The van der Waals surface area contributed by atoms with E-state index in [4.69, 9.17) is 9.47 Å². The second-order valence-electron chi connectivity index (χ2n) is 6.03. The van der Waals surface area contributed by atoms with Gasteiger partial charge < -0.3 is 19.7 Å². The van der Waals surface area contributed by atoms with Gasteiger partial charge in [-0.15, -0.1) is 0 Å². The minimum Gasteiger partial charge on any atom is -0.454 e. The molecular formula is C19H20N4O4. The van der Waals surface area contributed by atoms with Crippen molar-refractivity contribution in [1.29, 1.82) is 0 Å². The van der Waals surface area contributed by atoms with Crippen LogP contribution >= 0.6 is 0 Å². The summed E-state index contributed by atoms with van der Waals surface area (Å²) in [6.07, 6.45) is 1.54. The first kappa shape index (κ1) is 18.2. The van der Waals surface area contributed by atoms with E-state index in [0.717, 1.165) is 11.3 Å². The molecule has 27 heavy (non-hydrogen) atoms. The Kier molecular flexibility index (Phi) is 5.55. The van der Waals surface area contributed by atoms with E-state index < -0.39 is 5.91 Å². The maximum absolute atomic E-state index is 12.1. The predicted octanol–water partition coefficient (Wildman–Crippen LogP) is 1.36. The normalized spacial score (nSPS) is 12.1. The number of benzene rings is 2. The summed E-state index contributed by atoms with van der Waals surface area (Å²) in [6.45, 7) is -0.0527. The first-order valence-corrected chi connectivity index (χ1v) is 8.30. The van der Waals surface area contributed by atoms with Gasteiger partial charge in [0.25, 0.3) is 11.8 Å². The number of anilines is 1. The van der Waals surface area contributed by atoms with Crippen LogP contribution in [0.25, 0.3) is 0 Å². The smallest absolute Gasteiger partial charge is 0.259 e. The number of rotatable bonds is 6. The Morgan fingerprint density at radius 3 is 2.59 bits per heavy atom. The van der Waals surface area contributed by atoms with E-state index >= 15 is 0 Å². The van der Waals surface area contributed by atoms with E-state index in [1.165, 1.54) is 6.21 Å². The van der Waals surface area contributed by atoms with Crippen LogP contribution in [0.2, 0.25) is 0 Å². The molecule has 8 nitrogen and oxygen atoms in total. The molecule has 0 saturated heterocycles. The van der Waals surface area contributed by atoms with E-state index in [-0.39, 0.29) is 19.2 Å². The number of hydrogen-bond acceptors (Lipinski definition) is 6. The highest BCUT2D eigenvalue weighted by Gasteiger charge is 2.16. The van der Waals surface area contributed by atoms with Gasteiger partial charge in [0.2, 0.25) is 6.79 Å². The Labute approximate surface area is 156 Å². The molecule has 2 amide bonds. The highest BCUT2D eigenvalue weighted by molar-refractivity contribution is 5.97. The van der Waals surface area contributed by atoms with Gasteiger partial charge >= 0.3 is 0 Å². The van der Waals surface area contributed by atoms with Crippen molar-refractivity contribution in [3.63, 3.8) is 0 Å². The lowest BCUT2D eigenvalue weighted by Crippen LogP contribution is -2.34. The van der Waals surface area contributed by atoms with Gasteiger partial charge in [-0.05, 0) is 35.9 Å². The lowest BCUT2D eigenvalue weighted by Gasteiger charge is -2.11. The van der Waals surface area contributed by atoms with Crippen molar-refractivity contribution < 1.29 is 19.1 Å². The maximum Gasteiger partial charge on any atom is 0.259 e. The molecule has 1 heterocycles. The van der Waals surface area contributed by atoms with E-state index in [1.807, 2.05) is 43.3 Å². The molecule has 1 aliphatic rings. The number of hydrazone groups is 1. The van der Waals surface area contributed by atoms with Crippen molar-refractivity contribution in [3.05, 3.63) is 53.6 Å². The third-order valence-corrected chi connectivity index (χ3v) is 3.86. The van der Waals surface area contributed by atoms with Gasteiger partial charge in [0.1, 0.15) is 0 Å². The van der Waals surface area contributed by atoms with Crippen molar-refractivity contribution in [2.45, 2.75) is 0 Å². The van der Waals surface area contributed by atoms with Crippen LogP contribution in [0, 0.1) is 0 Å². The summed E-state index contributed by atoms with van der Waals surface area (Å²) in [4.78, 5) is 25.9. The van der Waals surface area contributed by atoms with Gasteiger partial charge in [-0.1, -0.05) is 12.1 Å². The molecule has 140 valence electrons. The van der Waals surface area contributed by atoms with Crippen LogP contribution in [0.3, 0.4) is 0 Å². The van der Waals surface area contributed by atoms with Gasteiger partial charge in [-0.25, -0.2) is 5.43 Å². The number of amides is 2. The molecule has 3 rings (SSSR count). The predicted molar refractivity (Wildman–Crippen MR) is 101 cm³/mol. The van der Waals surface area contributed by atoms with Crippen LogP contribution in [0.1, 0.15) is 15.9 Å². The molecular weight excluding hydrogens is 348 g/mol. The van der Waals surface area contributed by atoms with Gasteiger partial charge in [0.15, 0.2) is 11.5 Å². The van der Waals surface area contributed by atoms with Crippen molar-refractivity contribution in [2.24, 2.45) is 5.10 Å². The number of nitrogens with one attached hydrogen (secondary N) is 2. The fraction of sp³-hybridized carbons (Fsp3) is 0.211. The standard InChI is InChI=1S/C19H20N4O4/c1-23(2)15-6-3-13(4-7-15)10-21-22-18(24)11-20-19(25)14-5-8-16-17(9-14)27-12-26-16/h3-10H,11-12H2,1-2H3,(H,20,25)(H,22,24). The average Bonchev–Trinajstić information content (AvgIpc) is 3.14. The summed E-state index contributed by atoms with van der Waals surface area (Å²) >= 11 is 0. The van der Waals surface area contributed by atoms with Crippen LogP contribution in [-0.2, 0) is 4.79 Å². The number of ether oxygens (including phenoxy) is 2. The molecule has 0 bridgehead atoms. The SMILES string of the molecule is CN(C)c1ccc(C=NNC(=O)CNC(=O)c2ccc3c(c2)OCO3)cc1. The van der Waals surface area contributed by atoms with Crippen molar-refractivity contribution in [3.8, 4) is 11.5 Å². The minimum absolute atomic E-state index is 0.138. The second-order valence-corrected chi connectivity index (χ2v) is 6.03. The molecule has 0 atom stereocenters. The Bertz CT molecular complexity index is 863. The molecule has 8 heteroatoms. The number of carbonyl (C=O) groups is 2. The first-order valence-electron chi connectivity index (χ1n) is 8.30. The molecule has 0 spiro atoms. The monoisotopic (exact) mass is 368 g/mol. The number of carbonyl (C=O) groups excluding carboxylic acids is 2. The third-order valence-electron chi connectivity index (χ3n) is 3.86. The number of nitrogens with zero attached hydrogens (tertiary/aromatic N) is 2. The van der Waals surface area contributed by atoms with Crippen molar-refractivity contribution >= 4 is 23.7 Å². The molecule has 2 aromatic rings. The molecule has 2 N–H and O–H groups in total. The highest BCUT2D eigenvalue weighted by Crippen LogP contribution is 2.32. The third kappa shape index (κ3) is 4.75. The van der Waals surface area contributed by atoms with Crippen LogP contribution < -0.4 is 25.1 Å². The second kappa shape index (κ2) is 8.22. The lowest BCUT2D eigenvalue weighted by atomic mass is 10.2. The summed E-state index contributed by atoms with van der Waals surface area (Å²) in [5.74, 6) is 0.297. The number of fused-ring (bicyclic) bond motifs is 1. The number of hydrogen-bond donors (Lipinski definition) is 2.